The van der Waals surface area contributed by atoms with Crippen LogP contribution in [0.15, 0.2) is 42.6 Å². The van der Waals surface area contributed by atoms with Crippen molar-refractivity contribution >= 4 is 0 Å². The lowest BCUT2D eigenvalue weighted by Gasteiger charge is -2.01. The largest absolute Gasteiger partial charge is 0.261 e. The van der Waals surface area contributed by atoms with Crippen molar-refractivity contribution < 1.29 is 0 Å². The normalized spacial score (nSPS) is 9.60. The maximum Gasteiger partial charge on any atom is 0.0991 e. The average molecular weight is 194 g/mol. The van der Waals surface area contributed by atoms with Crippen molar-refractivity contribution in [2.45, 2.75) is 6.92 Å². The Kier molecular flexibility index (Phi) is 2.47. The van der Waals surface area contributed by atoms with Crippen LogP contribution in [0.25, 0.3) is 11.1 Å². The lowest BCUT2D eigenvalue weighted by atomic mass is 10.1. The summed E-state index contributed by atoms with van der Waals surface area (Å²) in [5, 5.41) is 8.79. The van der Waals surface area contributed by atoms with Gasteiger partial charge in [0.05, 0.1) is 11.6 Å². The van der Waals surface area contributed by atoms with Crippen molar-refractivity contribution in [2.24, 2.45) is 0 Å². The fourth-order valence-corrected chi connectivity index (χ4v) is 1.41. The summed E-state index contributed by atoms with van der Waals surface area (Å²) in [5.41, 5.74) is 3.74. The number of hydrogen-bond acceptors (Lipinski definition) is 2. The number of nitriles is 1. The van der Waals surface area contributed by atoms with Gasteiger partial charge in [0.25, 0.3) is 0 Å². The van der Waals surface area contributed by atoms with Gasteiger partial charge in [0.15, 0.2) is 0 Å². The zero-order valence-electron chi connectivity index (χ0n) is 8.44. The van der Waals surface area contributed by atoms with Gasteiger partial charge >= 0.3 is 0 Å². The van der Waals surface area contributed by atoms with E-state index in [0.29, 0.717) is 5.56 Å². The predicted molar refractivity (Wildman–Crippen MR) is 59.1 cm³/mol. The molecule has 0 bridgehead atoms. The molecule has 1 aromatic heterocycles. The number of rotatable bonds is 1. The average Bonchev–Trinajstić information content (AvgIpc) is 2.30. The highest BCUT2D eigenvalue weighted by Crippen LogP contribution is 2.19. The number of nitrogens with zero attached hydrogens (tertiary/aromatic N) is 2. The maximum absolute atomic E-state index is 8.79. The third-order valence-electron chi connectivity index (χ3n) is 2.24. The van der Waals surface area contributed by atoms with E-state index >= 15 is 0 Å². The van der Waals surface area contributed by atoms with Crippen LogP contribution in [-0.2, 0) is 0 Å². The number of hydrogen-bond donors (Lipinski definition) is 0. The van der Waals surface area contributed by atoms with Crippen molar-refractivity contribution in [3.63, 3.8) is 0 Å². The zero-order chi connectivity index (χ0) is 10.7. The van der Waals surface area contributed by atoms with Crippen LogP contribution >= 0.6 is 0 Å². The van der Waals surface area contributed by atoms with Gasteiger partial charge < -0.3 is 0 Å². The molecule has 15 heavy (non-hydrogen) atoms. The van der Waals surface area contributed by atoms with E-state index in [0.717, 1.165) is 16.8 Å². The summed E-state index contributed by atoms with van der Waals surface area (Å²) in [5.74, 6) is 0. The minimum absolute atomic E-state index is 0.674. The van der Waals surface area contributed by atoms with Crippen molar-refractivity contribution in [1.82, 2.24) is 4.98 Å². The van der Waals surface area contributed by atoms with E-state index in [4.69, 9.17) is 5.26 Å². The van der Waals surface area contributed by atoms with Crippen LogP contribution in [0.1, 0.15) is 11.3 Å². The van der Waals surface area contributed by atoms with Crippen LogP contribution in [0, 0.1) is 18.3 Å². The van der Waals surface area contributed by atoms with E-state index in [1.165, 1.54) is 0 Å². The summed E-state index contributed by atoms with van der Waals surface area (Å²) in [4.78, 5) is 4.23. The number of benzene rings is 1. The molecule has 0 radical (unpaired) electrons. The predicted octanol–water partition coefficient (Wildman–Crippen LogP) is 2.93. The monoisotopic (exact) mass is 194 g/mol. The van der Waals surface area contributed by atoms with E-state index in [9.17, 15) is 0 Å². The summed E-state index contributed by atoms with van der Waals surface area (Å²) in [6, 6.07) is 13.6. The molecule has 0 atom stereocenters. The molecular formula is C13H10N2. The molecule has 0 aliphatic heterocycles. The SMILES string of the molecule is Cc1ccc(-c2cccc(C#N)c2)cn1. The van der Waals surface area contributed by atoms with Gasteiger partial charge in [0, 0.05) is 17.5 Å². The third kappa shape index (κ3) is 2.03. The van der Waals surface area contributed by atoms with Crippen LogP contribution in [-0.4, -0.2) is 4.98 Å². The lowest BCUT2D eigenvalue weighted by molar-refractivity contribution is 1.20. The zero-order valence-corrected chi connectivity index (χ0v) is 8.44. The minimum Gasteiger partial charge on any atom is -0.261 e. The van der Waals surface area contributed by atoms with Gasteiger partial charge in [-0.15, -0.1) is 0 Å². The van der Waals surface area contributed by atoms with Gasteiger partial charge in [-0.25, -0.2) is 0 Å². The Balaban J connectivity index is 2.46. The highest BCUT2D eigenvalue weighted by Gasteiger charge is 1.98. The molecule has 0 aliphatic carbocycles. The Labute approximate surface area is 88.8 Å². The second kappa shape index (κ2) is 3.93. The molecule has 0 aliphatic rings. The van der Waals surface area contributed by atoms with Crippen molar-refractivity contribution in [1.29, 1.82) is 5.26 Å². The second-order valence-electron chi connectivity index (χ2n) is 3.38. The summed E-state index contributed by atoms with van der Waals surface area (Å²) in [7, 11) is 0. The third-order valence-corrected chi connectivity index (χ3v) is 2.24. The summed E-state index contributed by atoms with van der Waals surface area (Å²) < 4.78 is 0. The summed E-state index contributed by atoms with van der Waals surface area (Å²) in [6.07, 6.45) is 1.83. The molecule has 1 aromatic carbocycles. The van der Waals surface area contributed by atoms with Gasteiger partial charge in [-0.1, -0.05) is 18.2 Å². The van der Waals surface area contributed by atoms with Crippen LogP contribution in [0.4, 0.5) is 0 Å². The van der Waals surface area contributed by atoms with Crippen molar-refractivity contribution in [2.75, 3.05) is 0 Å². The first kappa shape index (κ1) is 9.42. The van der Waals surface area contributed by atoms with Gasteiger partial charge in [0.2, 0.25) is 0 Å². The van der Waals surface area contributed by atoms with Crippen LogP contribution < -0.4 is 0 Å². The highest BCUT2D eigenvalue weighted by atomic mass is 14.7. The van der Waals surface area contributed by atoms with Crippen LogP contribution in [0.3, 0.4) is 0 Å². The lowest BCUT2D eigenvalue weighted by Crippen LogP contribution is -1.83. The molecule has 0 saturated carbocycles. The van der Waals surface area contributed by atoms with Gasteiger partial charge in [0.1, 0.15) is 0 Å². The molecule has 0 saturated heterocycles. The Morgan fingerprint density at radius 3 is 2.67 bits per heavy atom. The molecule has 2 nitrogen and oxygen atoms in total. The molecule has 2 rings (SSSR count). The fraction of sp³-hybridized carbons (Fsp3) is 0.0769. The maximum atomic E-state index is 8.79. The molecule has 2 aromatic rings. The quantitative estimate of drug-likeness (QED) is 0.699. The summed E-state index contributed by atoms with van der Waals surface area (Å²) in [6.45, 7) is 1.95. The van der Waals surface area contributed by atoms with Crippen molar-refractivity contribution in [3.05, 3.63) is 53.9 Å². The standard InChI is InChI=1S/C13H10N2/c1-10-5-6-13(9-15-10)12-4-2-3-11(7-12)8-14/h2-7,9H,1H3. The van der Waals surface area contributed by atoms with Crippen LogP contribution in [0.2, 0.25) is 0 Å². The van der Waals surface area contributed by atoms with Gasteiger partial charge in [-0.2, -0.15) is 5.26 Å². The molecule has 0 fully saturated rings. The molecule has 0 N–H and O–H groups in total. The first-order valence-corrected chi connectivity index (χ1v) is 4.73. The van der Waals surface area contributed by atoms with Crippen molar-refractivity contribution in [3.8, 4) is 17.2 Å². The summed E-state index contributed by atoms with van der Waals surface area (Å²) >= 11 is 0. The molecule has 2 heteroatoms. The van der Waals surface area contributed by atoms with Crippen LogP contribution in [0.5, 0.6) is 0 Å². The first-order chi connectivity index (χ1) is 7.29. The van der Waals surface area contributed by atoms with E-state index in [-0.39, 0.29) is 0 Å². The number of aryl methyl sites for hydroxylation is 1. The Morgan fingerprint density at radius 2 is 2.00 bits per heavy atom. The molecule has 0 spiro atoms. The second-order valence-corrected chi connectivity index (χ2v) is 3.38. The number of pyridine rings is 1. The Bertz CT molecular complexity index is 507. The van der Waals surface area contributed by atoms with E-state index in [1.54, 1.807) is 6.07 Å². The van der Waals surface area contributed by atoms with E-state index < -0.39 is 0 Å². The topological polar surface area (TPSA) is 36.7 Å². The van der Waals surface area contributed by atoms with Gasteiger partial charge in [-0.3, -0.25) is 4.98 Å². The smallest absolute Gasteiger partial charge is 0.0991 e. The molecular weight excluding hydrogens is 184 g/mol. The fourth-order valence-electron chi connectivity index (χ4n) is 1.41. The van der Waals surface area contributed by atoms with Gasteiger partial charge in [-0.05, 0) is 30.7 Å². The molecule has 0 unspecified atom stereocenters. The molecule has 1 heterocycles. The Hall–Kier alpha value is -2.14. The minimum atomic E-state index is 0.674. The Morgan fingerprint density at radius 1 is 1.13 bits per heavy atom. The van der Waals surface area contributed by atoms with E-state index in [1.807, 2.05) is 43.5 Å². The van der Waals surface area contributed by atoms with E-state index in [2.05, 4.69) is 11.1 Å². The number of aromatic nitrogens is 1. The first-order valence-electron chi connectivity index (χ1n) is 4.73. The molecule has 72 valence electrons. The highest BCUT2D eigenvalue weighted by molar-refractivity contribution is 5.64. The molecule has 0 amide bonds.